The topological polar surface area (TPSA) is 45.8 Å². The molecular weight excluding hydrogens is 625 g/mol. The third-order valence-electron chi connectivity index (χ3n) is 12.6. The van der Waals surface area contributed by atoms with E-state index in [1.165, 1.54) is 85.1 Å². The zero-order valence-corrected chi connectivity index (χ0v) is 29.4. The van der Waals surface area contributed by atoms with Gasteiger partial charge in [0.2, 0.25) is 0 Å². The first-order valence-corrected chi connectivity index (χ1v) is 19.6. The maximum absolute atomic E-state index is 4.21. The number of hydrogen-bond acceptors (Lipinski definition) is 6. The van der Waals surface area contributed by atoms with E-state index in [9.17, 15) is 0 Å². The molecule has 3 aliphatic heterocycles. The zero-order chi connectivity index (χ0) is 33.7. The number of para-hydroxylation sites is 3. The molecule has 0 radical (unpaired) electrons. The third kappa shape index (κ3) is 5.60. The predicted molar refractivity (Wildman–Crippen MR) is 209 cm³/mol. The molecule has 260 valence electrons. The second-order valence-electron chi connectivity index (χ2n) is 15.6. The fourth-order valence-electron chi connectivity index (χ4n) is 10.4. The Balaban J connectivity index is 1.14. The van der Waals surface area contributed by atoms with E-state index in [0.29, 0.717) is 24.2 Å². The van der Waals surface area contributed by atoms with Crippen molar-refractivity contribution < 1.29 is 0 Å². The number of hydrogen-bond donors (Lipinski definition) is 3. The fourth-order valence-corrected chi connectivity index (χ4v) is 10.4. The summed E-state index contributed by atoms with van der Waals surface area (Å²) in [5.41, 5.74) is 7.94. The summed E-state index contributed by atoms with van der Waals surface area (Å²) in [5, 5.41) is 12.5. The monoisotopic (exact) mass is 674 g/mol. The fraction of sp³-hybridized carbons (Fsp3) is 0.378. The molecule has 4 aromatic carbocycles. The molecule has 10 rings (SSSR count). The van der Waals surface area contributed by atoms with Gasteiger partial charge in [0.15, 0.2) is 0 Å². The van der Waals surface area contributed by atoms with Gasteiger partial charge in [0.1, 0.15) is 18.5 Å². The Hall–Kier alpha value is -4.36. The second-order valence-corrected chi connectivity index (χ2v) is 15.6. The first-order valence-electron chi connectivity index (χ1n) is 19.6. The number of fused-ring (bicyclic) bond motifs is 3. The van der Waals surface area contributed by atoms with Crippen molar-refractivity contribution in [3.63, 3.8) is 0 Å². The molecule has 3 aliphatic carbocycles. The van der Waals surface area contributed by atoms with Gasteiger partial charge in [0, 0.05) is 41.2 Å². The molecule has 4 aromatic rings. The van der Waals surface area contributed by atoms with Crippen molar-refractivity contribution in [3.8, 4) is 0 Å². The standard InChI is InChI=1S/C45H50N6/c1-4-16-34(17-5-1)49-40-25-13-10-22-37(40)46-43(49)31-28-32(44-47-38-23-11-14-26-41(38)50(44)35-18-6-2-7-19-35)30-33(29-31)45-48-39-24-12-15-27-42(39)51(45)36-20-8-3-9-21-36/h1-10,13,16-22,25,28-30,37-48H,11-12,14-15,23-24,26-27H2. The maximum atomic E-state index is 4.21. The summed E-state index contributed by atoms with van der Waals surface area (Å²) in [4.78, 5) is 8.07. The summed E-state index contributed by atoms with van der Waals surface area (Å²) >= 11 is 0. The lowest BCUT2D eigenvalue weighted by molar-refractivity contribution is 0.387. The Labute approximate surface area is 303 Å². The molecule has 0 aromatic heterocycles. The van der Waals surface area contributed by atoms with Crippen LogP contribution in [-0.2, 0) is 0 Å². The highest BCUT2D eigenvalue weighted by atomic mass is 15.4. The number of rotatable bonds is 6. The molecule has 6 heteroatoms. The van der Waals surface area contributed by atoms with Gasteiger partial charge in [-0.1, -0.05) is 105 Å². The second kappa shape index (κ2) is 13.3. The molecule has 5 fully saturated rings. The van der Waals surface area contributed by atoms with Crippen LogP contribution in [0, 0.1) is 0 Å². The lowest BCUT2D eigenvalue weighted by atomic mass is 9.90. The highest BCUT2D eigenvalue weighted by molar-refractivity contribution is 5.58. The van der Waals surface area contributed by atoms with Crippen LogP contribution in [0.1, 0.15) is 86.6 Å². The van der Waals surface area contributed by atoms with Crippen molar-refractivity contribution in [2.24, 2.45) is 0 Å². The van der Waals surface area contributed by atoms with Crippen LogP contribution in [-0.4, -0.2) is 36.3 Å². The van der Waals surface area contributed by atoms with Crippen molar-refractivity contribution in [2.75, 3.05) is 14.7 Å². The van der Waals surface area contributed by atoms with Crippen LogP contribution in [0.3, 0.4) is 0 Å². The van der Waals surface area contributed by atoms with Crippen LogP contribution in [0.4, 0.5) is 17.1 Å². The van der Waals surface area contributed by atoms with E-state index in [-0.39, 0.29) is 30.6 Å². The summed E-state index contributed by atoms with van der Waals surface area (Å²) in [7, 11) is 0. The van der Waals surface area contributed by atoms with Gasteiger partial charge >= 0.3 is 0 Å². The molecule has 6 aliphatic rings. The largest absolute Gasteiger partial charge is 0.347 e. The van der Waals surface area contributed by atoms with E-state index in [1.54, 1.807) is 0 Å². The normalized spacial score (nSPS) is 32.5. The van der Waals surface area contributed by atoms with Gasteiger partial charge < -0.3 is 14.7 Å². The van der Waals surface area contributed by atoms with Crippen LogP contribution < -0.4 is 30.7 Å². The van der Waals surface area contributed by atoms with E-state index in [0.717, 1.165) is 0 Å². The smallest absolute Gasteiger partial charge is 0.107 e. The van der Waals surface area contributed by atoms with Crippen LogP contribution >= 0.6 is 0 Å². The molecule has 9 unspecified atom stereocenters. The van der Waals surface area contributed by atoms with Gasteiger partial charge in [-0.2, -0.15) is 0 Å². The molecule has 0 spiro atoms. The number of nitrogens with zero attached hydrogens (tertiary/aromatic N) is 3. The Morgan fingerprint density at radius 3 is 1.33 bits per heavy atom. The summed E-state index contributed by atoms with van der Waals surface area (Å²) in [6, 6.07) is 43.5. The summed E-state index contributed by atoms with van der Waals surface area (Å²) in [6.07, 6.45) is 19.5. The molecule has 51 heavy (non-hydrogen) atoms. The summed E-state index contributed by atoms with van der Waals surface area (Å²) in [5.74, 6) is 0. The average molecular weight is 675 g/mol. The van der Waals surface area contributed by atoms with Crippen LogP contribution in [0.5, 0.6) is 0 Å². The average Bonchev–Trinajstić information content (AvgIpc) is 3.91. The lowest BCUT2D eigenvalue weighted by Crippen LogP contribution is -2.39. The number of anilines is 3. The minimum atomic E-state index is 0.0243. The predicted octanol–water partition coefficient (Wildman–Crippen LogP) is 8.50. The zero-order valence-electron chi connectivity index (χ0n) is 29.4. The maximum Gasteiger partial charge on any atom is 0.107 e. The minimum Gasteiger partial charge on any atom is -0.347 e. The number of allylic oxidation sites excluding steroid dienone is 2. The molecule has 2 saturated carbocycles. The van der Waals surface area contributed by atoms with E-state index in [2.05, 4.69) is 164 Å². The van der Waals surface area contributed by atoms with Crippen molar-refractivity contribution >= 4 is 17.1 Å². The van der Waals surface area contributed by atoms with Gasteiger partial charge in [0.25, 0.3) is 0 Å². The molecule has 0 amide bonds. The molecule has 6 nitrogen and oxygen atoms in total. The summed E-state index contributed by atoms with van der Waals surface area (Å²) in [6.45, 7) is 0. The first-order chi connectivity index (χ1) is 25.3. The molecule has 3 heterocycles. The van der Waals surface area contributed by atoms with Crippen molar-refractivity contribution in [3.05, 3.63) is 150 Å². The van der Waals surface area contributed by atoms with Gasteiger partial charge in [0.05, 0.1) is 12.1 Å². The molecule has 9 atom stereocenters. The van der Waals surface area contributed by atoms with Crippen molar-refractivity contribution in [1.82, 2.24) is 16.0 Å². The van der Waals surface area contributed by atoms with E-state index < -0.39 is 0 Å². The lowest BCUT2D eigenvalue weighted by Gasteiger charge is -2.37. The molecular formula is C45H50N6. The highest BCUT2D eigenvalue weighted by Gasteiger charge is 2.46. The van der Waals surface area contributed by atoms with E-state index in [1.807, 2.05) is 0 Å². The Morgan fingerprint density at radius 1 is 0.431 bits per heavy atom. The van der Waals surface area contributed by atoms with Gasteiger partial charge in [-0.25, -0.2) is 0 Å². The van der Waals surface area contributed by atoms with Crippen LogP contribution in [0.15, 0.2) is 133 Å². The number of nitrogens with one attached hydrogen (secondary N) is 3. The quantitative estimate of drug-likeness (QED) is 0.191. The third-order valence-corrected chi connectivity index (χ3v) is 12.6. The minimum absolute atomic E-state index is 0.0243. The number of benzene rings is 4. The molecule has 3 N–H and O–H groups in total. The molecule has 0 bridgehead atoms. The SMILES string of the molecule is C1=CC2NC(c3cc(C4NC5CCCCC5N4c4ccccc4)cc(C4NC5CCCCC5N4c4ccccc4)c3)N(c3ccccc3)C2C=C1. The highest BCUT2D eigenvalue weighted by Crippen LogP contribution is 2.45. The van der Waals surface area contributed by atoms with Crippen LogP contribution in [0.2, 0.25) is 0 Å². The Bertz CT molecular complexity index is 1790. The van der Waals surface area contributed by atoms with E-state index >= 15 is 0 Å². The first kappa shape index (κ1) is 31.4. The van der Waals surface area contributed by atoms with Crippen molar-refractivity contribution in [2.45, 2.75) is 106 Å². The van der Waals surface area contributed by atoms with Gasteiger partial charge in [-0.3, -0.25) is 16.0 Å². The van der Waals surface area contributed by atoms with Gasteiger partial charge in [-0.05, 0) is 97.0 Å². The summed E-state index contributed by atoms with van der Waals surface area (Å²) < 4.78 is 0. The van der Waals surface area contributed by atoms with Crippen molar-refractivity contribution in [1.29, 1.82) is 0 Å². The van der Waals surface area contributed by atoms with E-state index in [4.69, 9.17) is 0 Å². The Morgan fingerprint density at radius 2 is 0.843 bits per heavy atom. The van der Waals surface area contributed by atoms with Gasteiger partial charge in [-0.15, -0.1) is 0 Å². The van der Waals surface area contributed by atoms with Crippen LogP contribution in [0.25, 0.3) is 0 Å². The molecule has 3 saturated heterocycles. The Kier molecular flexibility index (Phi) is 8.19.